The predicted molar refractivity (Wildman–Crippen MR) is 108 cm³/mol. The van der Waals surface area contributed by atoms with E-state index in [0.717, 1.165) is 12.0 Å². The Balaban J connectivity index is 1.80. The van der Waals surface area contributed by atoms with Gasteiger partial charge in [-0.05, 0) is 37.6 Å². The zero-order valence-corrected chi connectivity index (χ0v) is 17.0. The van der Waals surface area contributed by atoms with Crippen molar-refractivity contribution in [3.05, 3.63) is 36.7 Å². The summed E-state index contributed by atoms with van der Waals surface area (Å²) in [6, 6.07) is 7.04. The van der Waals surface area contributed by atoms with Crippen LogP contribution in [0.3, 0.4) is 0 Å². The van der Waals surface area contributed by atoms with Gasteiger partial charge in [0.1, 0.15) is 5.75 Å². The third-order valence-corrected chi connectivity index (χ3v) is 4.41. The third kappa shape index (κ3) is 7.27. The average Bonchev–Trinajstić information content (AvgIpc) is 2.73. The van der Waals surface area contributed by atoms with Crippen molar-refractivity contribution in [2.45, 2.75) is 58.5 Å². The van der Waals surface area contributed by atoms with Crippen molar-refractivity contribution in [2.24, 2.45) is 0 Å². The molecular weight excluding hydrogens is 356 g/mol. The van der Waals surface area contributed by atoms with Crippen LogP contribution in [-0.4, -0.2) is 35.8 Å². The number of aromatic nitrogens is 2. The van der Waals surface area contributed by atoms with E-state index in [4.69, 9.17) is 14.2 Å². The predicted octanol–water partition coefficient (Wildman–Crippen LogP) is 4.82. The van der Waals surface area contributed by atoms with Crippen LogP contribution in [-0.2, 0) is 9.53 Å². The maximum Gasteiger partial charge on any atom is 0.340 e. The van der Waals surface area contributed by atoms with Crippen molar-refractivity contribution >= 4 is 5.97 Å². The number of hydrogen-bond acceptors (Lipinski definition) is 6. The summed E-state index contributed by atoms with van der Waals surface area (Å²) in [5.74, 6) is 1.29. The Morgan fingerprint density at radius 1 is 0.964 bits per heavy atom. The SMILES string of the molecule is CCCCCCCCOc1cnc(-c2ccc(OC(=O)C(C)OC)cc2)nc1. The Labute approximate surface area is 167 Å². The number of methoxy groups -OCH3 is 1. The summed E-state index contributed by atoms with van der Waals surface area (Å²) >= 11 is 0. The molecular formula is C22H30N2O4. The summed E-state index contributed by atoms with van der Waals surface area (Å²) in [4.78, 5) is 20.4. The summed E-state index contributed by atoms with van der Waals surface area (Å²) in [5, 5.41) is 0. The van der Waals surface area contributed by atoms with E-state index in [9.17, 15) is 4.79 Å². The van der Waals surface area contributed by atoms with Crippen LogP contribution in [0.25, 0.3) is 11.4 Å². The molecule has 0 saturated heterocycles. The Morgan fingerprint density at radius 3 is 2.25 bits per heavy atom. The minimum Gasteiger partial charge on any atom is -0.490 e. The molecule has 152 valence electrons. The van der Waals surface area contributed by atoms with Gasteiger partial charge in [-0.15, -0.1) is 0 Å². The van der Waals surface area contributed by atoms with Crippen LogP contribution in [0.2, 0.25) is 0 Å². The minimum absolute atomic E-state index is 0.432. The molecule has 1 atom stereocenters. The molecule has 0 bridgehead atoms. The molecule has 1 heterocycles. The van der Waals surface area contributed by atoms with Gasteiger partial charge in [0.2, 0.25) is 0 Å². The molecule has 1 aromatic carbocycles. The topological polar surface area (TPSA) is 70.5 Å². The number of rotatable bonds is 12. The highest BCUT2D eigenvalue weighted by atomic mass is 16.6. The van der Waals surface area contributed by atoms with Gasteiger partial charge in [0.15, 0.2) is 17.7 Å². The average molecular weight is 386 g/mol. The second-order valence-corrected chi connectivity index (χ2v) is 6.68. The van der Waals surface area contributed by atoms with Gasteiger partial charge < -0.3 is 14.2 Å². The summed E-state index contributed by atoms with van der Waals surface area (Å²) in [7, 11) is 1.47. The fourth-order valence-electron chi connectivity index (χ4n) is 2.58. The second-order valence-electron chi connectivity index (χ2n) is 6.68. The molecule has 2 aromatic rings. The monoisotopic (exact) mass is 386 g/mol. The van der Waals surface area contributed by atoms with Gasteiger partial charge in [0, 0.05) is 12.7 Å². The first-order chi connectivity index (χ1) is 13.6. The van der Waals surface area contributed by atoms with Crippen LogP contribution in [0.4, 0.5) is 0 Å². The van der Waals surface area contributed by atoms with Crippen molar-refractivity contribution in [1.29, 1.82) is 0 Å². The normalized spacial score (nSPS) is 11.8. The Morgan fingerprint density at radius 2 is 1.61 bits per heavy atom. The molecule has 0 fully saturated rings. The molecule has 0 aliphatic heterocycles. The van der Waals surface area contributed by atoms with Gasteiger partial charge in [-0.1, -0.05) is 39.0 Å². The van der Waals surface area contributed by atoms with Gasteiger partial charge >= 0.3 is 5.97 Å². The molecule has 6 nitrogen and oxygen atoms in total. The van der Waals surface area contributed by atoms with Crippen molar-refractivity contribution in [3.63, 3.8) is 0 Å². The largest absolute Gasteiger partial charge is 0.490 e. The summed E-state index contributed by atoms with van der Waals surface area (Å²) in [6.45, 7) is 4.55. The molecule has 0 radical (unpaired) electrons. The first-order valence-corrected chi connectivity index (χ1v) is 9.93. The van der Waals surface area contributed by atoms with Crippen molar-refractivity contribution in [3.8, 4) is 22.9 Å². The van der Waals surface area contributed by atoms with Crippen LogP contribution < -0.4 is 9.47 Å². The first kappa shape index (κ1) is 21.8. The highest BCUT2D eigenvalue weighted by molar-refractivity contribution is 5.77. The van der Waals surface area contributed by atoms with Crippen molar-refractivity contribution in [1.82, 2.24) is 9.97 Å². The van der Waals surface area contributed by atoms with E-state index in [2.05, 4.69) is 16.9 Å². The van der Waals surface area contributed by atoms with Gasteiger partial charge in [-0.25, -0.2) is 14.8 Å². The Kier molecular flexibility index (Phi) is 9.42. The molecule has 0 aliphatic rings. The van der Waals surface area contributed by atoms with E-state index in [0.29, 0.717) is 23.9 Å². The van der Waals surface area contributed by atoms with E-state index in [-0.39, 0.29) is 0 Å². The summed E-state index contributed by atoms with van der Waals surface area (Å²) < 4.78 is 15.9. The number of ether oxygens (including phenoxy) is 3. The summed E-state index contributed by atoms with van der Waals surface area (Å²) in [6.07, 6.45) is 10.2. The molecule has 0 amide bonds. The second kappa shape index (κ2) is 12.1. The standard InChI is InChI=1S/C22H30N2O4/c1-4-5-6-7-8-9-14-27-20-15-23-21(24-16-20)18-10-12-19(13-11-18)28-22(25)17(2)26-3/h10-13,15-17H,4-9,14H2,1-3H3. The van der Waals surface area contributed by atoms with Gasteiger partial charge in [0.05, 0.1) is 19.0 Å². The zero-order valence-electron chi connectivity index (χ0n) is 17.0. The number of nitrogens with zero attached hydrogens (tertiary/aromatic N) is 2. The molecule has 0 saturated carbocycles. The number of benzene rings is 1. The molecule has 0 aliphatic carbocycles. The Hall–Kier alpha value is -2.47. The quantitative estimate of drug-likeness (QED) is 0.296. The number of carbonyl (C=O) groups is 1. The zero-order chi connectivity index (χ0) is 20.2. The van der Waals surface area contributed by atoms with Crippen molar-refractivity contribution < 1.29 is 19.0 Å². The highest BCUT2D eigenvalue weighted by Crippen LogP contribution is 2.21. The molecule has 2 rings (SSSR count). The fraction of sp³-hybridized carbons (Fsp3) is 0.500. The Bertz CT molecular complexity index is 701. The van der Waals surface area contributed by atoms with Crippen LogP contribution in [0.5, 0.6) is 11.5 Å². The van der Waals surface area contributed by atoms with Gasteiger partial charge in [-0.2, -0.15) is 0 Å². The van der Waals surface area contributed by atoms with Crippen molar-refractivity contribution in [2.75, 3.05) is 13.7 Å². The molecule has 0 N–H and O–H groups in total. The molecule has 1 unspecified atom stereocenters. The maximum absolute atomic E-state index is 11.7. The molecule has 6 heteroatoms. The van der Waals surface area contributed by atoms with Gasteiger partial charge in [-0.3, -0.25) is 0 Å². The lowest BCUT2D eigenvalue weighted by atomic mass is 10.1. The first-order valence-electron chi connectivity index (χ1n) is 9.93. The molecule has 28 heavy (non-hydrogen) atoms. The maximum atomic E-state index is 11.7. The van der Waals surface area contributed by atoms with E-state index in [1.807, 2.05) is 12.1 Å². The van der Waals surface area contributed by atoms with Crippen LogP contribution in [0.1, 0.15) is 52.4 Å². The minimum atomic E-state index is -0.605. The van der Waals surface area contributed by atoms with E-state index in [1.165, 1.54) is 39.2 Å². The van der Waals surface area contributed by atoms with E-state index >= 15 is 0 Å². The van der Waals surface area contributed by atoms with E-state index in [1.54, 1.807) is 31.5 Å². The van der Waals surface area contributed by atoms with Crippen LogP contribution in [0.15, 0.2) is 36.7 Å². The van der Waals surface area contributed by atoms with Gasteiger partial charge in [0.25, 0.3) is 0 Å². The highest BCUT2D eigenvalue weighted by Gasteiger charge is 2.14. The van der Waals surface area contributed by atoms with Crippen LogP contribution in [0, 0.1) is 0 Å². The fourth-order valence-corrected chi connectivity index (χ4v) is 2.58. The number of esters is 1. The number of hydrogen-bond donors (Lipinski definition) is 0. The van der Waals surface area contributed by atoms with Crippen LogP contribution >= 0.6 is 0 Å². The molecule has 0 spiro atoms. The summed E-state index contributed by atoms with van der Waals surface area (Å²) in [5.41, 5.74) is 0.835. The molecule has 1 aromatic heterocycles. The lowest BCUT2D eigenvalue weighted by molar-refractivity contribution is -0.144. The lowest BCUT2D eigenvalue weighted by Gasteiger charge is -2.09. The lowest BCUT2D eigenvalue weighted by Crippen LogP contribution is -2.24. The van der Waals surface area contributed by atoms with E-state index < -0.39 is 12.1 Å². The smallest absolute Gasteiger partial charge is 0.340 e. The number of carbonyl (C=O) groups excluding carboxylic acids is 1. The third-order valence-electron chi connectivity index (χ3n) is 4.41. The number of unbranched alkanes of at least 4 members (excludes halogenated alkanes) is 5.